The van der Waals surface area contributed by atoms with E-state index in [0.29, 0.717) is 28.2 Å². The fraction of sp³-hybridized carbons (Fsp3) is 0.0833. The van der Waals surface area contributed by atoms with Gasteiger partial charge in [0, 0.05) is 15.6 Å². The lowest BCUT2D eigenvalue weighted by molar-refractivity contribution is 0.0920. The van der Waals surface area contributed by atoms with Crippen LogP contribution in [-0.2, 0) is 0 Å². The van der Waals surface area contributed by atoms with Gasteiger partial charge >= 0.3 is 0 Å². The lowest BCUT2D eigenvalue weighted by atomic mass is 10.1. The number of fused-ring (bicyclic) bond motifs is 1. The standard InChI is InChI=1S/C24H17BrO4/c1-15-21(28-14-20(26)17-7-3-2-4-8-17)11-10-19-23(27)22(29-24(15)19)13-16-6-5-9-18(25)12-16/h2-13H,14H2,1H3/b22-13-. The van der Waals surface area contributed by atoms with Crippen LogP contribution in [-0.4, -0.2) is 18.2 Å². The van der Waals surface area contributed by atoms with Crippen LogP contribution in [0.25, 0.3) is 6.08 Å². The molecular formula is C24H17BrO4. The maximum absolute atomic E-state index is 12.7. The molecule has 0 atom stereocenters. The van der Waals surface area contributed by atoms with Gasteiger partial charge in [-0.3, -0.25) is 9.59 Å². The number of Topliss-reactive ketones (excluding diaryl/α,β-unsaturated/α-hetero) is 2. The minimum Gasteiger partial charge on any atom is -0.485 e. The first-order valence-electron chi connectivity index (χ1n) is 9.07. The molecule has 1 heterocycles. The summed E-state index contributed by atoms with van der Waals surface area (Å²) < 4.78 is 12.5. The van der Waals surface area contributed by atoms with E-state index in [2.05, 4.69) is 15.9 Å². The summed E-state index contributed by atoms with van der Waals surface area (Å²) in [7, 11) is 0. The van der Waals surface area contributed by atoms with Gasteiger partial charge in [0.2, 0.25) is 5.78 Å². The highest BCUT2D eigenvalue weighted by atomic mass is 79.9. The Morgan fingerprint density at radius 1 is 1.07 bits per heavy atom. The molecule has 0 saturated carbocycles. The average molecular weight is 449 g/mol. The zero-order chi connectivity index (χ0) is 20.4. The van der Waals surface area contributed by atoms with Gasteiger partial charge in [-0.1, -0.05) is 58.4 Å². The third kappa shape index (κ3) is 4.00. The Morgan fingerprint density at radius 2 is 1.86 bits per heavy atom. The normalized spacial score (nSPS) is 13.9. The van der Waals surface area contributed by atoms with E-state index in [1.54, 1.807) is 30.3 Å². The van der Waals surface area contributed by atoms with Crippen LogP contribution in [0.5, 0.6) is 11.5 Å². The van der Waals surface area contributed by atoms with Crippen molar-refractivity contribution in [3.8, 4) is 11.5 Å². The second-order valence-corrected chi connectivity index (χ2v) is 7.55. The predicted molar refractivity (Wildman–Crippen MR) is 115 cm³/mol. The minimum atomic E-state index is -0.171. The second kappa shape index (κ2) is 8.05. The molecule has 4 nitrogen and oxygen atoms in total. The van der Waals surface area contributed by atoms with E-state index in [9.17, 15) is 9.59 Å². The first-order valence-corrected chi connectivity index (χ1v) is 9.86. The molecular weight excluding hydrogens is 432 g/mol. The van der Waals surface area contributed by atoms with Gasteiger partial charge in [0.15, 0.2) is 18.1 Å². The molecule has 3 aromatic rings. The summed E-state index contributed by atoms with van der Waals surface area (Å²) >= 11 is 3.42. The third-order valence-electron chi connectivity index (χ3n) is 4.64. The van der Waals surface area contributed by atoms with Crippen LogP contribution < -0.4 is 9.47 Å². The number of ketones is 2. The van der Waals surface area contributed by atoms with Crippen LogP contribution in [0.4, 0.5) is 0 Å². The van der Waals surface area contributed by atoms with Gasteiger partial charge in [-0.25, -0.2) is 0 Å². The Labute approximate surface area is 176 Å². The van der Waals surface area contributed by atoms with Crippen molar-refractivity contribution in [3.63, 3.8) is 0 Å². The molecule has 0 aromatic heterocycles. The zero-order valence-corrected chi connectivity index (χ0v) is 17.2. The second-order valence-electron chi connectivity index (χ2n) is 6.64. The lowest BCUT2D eigenvalue weighted by Crippen LogP contribution is -2.12. The summed E-state index contributed by atoms with van der Waals surface area (Å²) in [4.78, 5) is 25.0. The summed E-state index contributed by atoms with van der Waals surface area (Å²) in [5.74, 6) is 0.969. The molecule has 1 aliphatic heterocycles. The van der Waals surface area contributed by atoms with Gasteiger partial charge in [0.25, 0.3) is 0 Å². The van der Waals surface area contributed by atoms with Crippen LogP contribution in [0, 0.1) is 6.92 Å². The Balaban J connectivity index is 1.54. The molecule has 0 spiro atoms. The molecule has 0 amide bonds. The van der Waals surface area contributed by atoms with E-state index in [4.69, 9.17) is 9.47 Å². The van der Waals surface area contributed by atoms with Crippen LogP contribution in [0.15, 0.2) is 77.0 Å². The zero-order valence-electron chi connectivity index (χ0n) is 15.6. The van der Waals surface area contributed by atoms with Gasteiger partial charge in [0.1, 0.15) is 11.5 Å². The van der Waals surface area contributed by atoms with Gasteiger partial charge in [-0.15, -0.1) is 0 Å². The molecule has 3 aromatic carbocycles. The molecule has 29 heavy (non-hydrogen) atoms. The minimum absolute atomic E-state index is 0.0850. The molecule has 0 aliphatic carbocycles. The first-order chi connectivity index (χ1) is 14.0. The number of carbonyl (C=O) groups excluding carboxylic acids is 2. The van der Waals surface area contributed by atoms with E-state index in [-0.39, 0.29) is 23.9 Å². The van der Waals surface area contributed by atoms with Gasteiger partial charge in [-0.05, 0) is 42.8 Å². The van der Waals surface area contributed by atoms with E-state index < -0.39 is 0 Å². The molecule has 0 fully saturated rings. The van der Waals surface area contributed by atoms with Crippen molar-refractivity contribution in [2.24, 2.45) is 0 Å². The van der Waals surface area contributed by atoms with E-state index in [1.165, 1.54) is 0 Å². The van der Waals surface area contributed by atoms with Crippen molar-refractivity contribution in [1.29, 1.82) is 0 Å². The van der Waals surface area contributed by atoms with Gasteiger partial charge < -0.3 is 9.47 Å². The number of ether oxygens (including phenoxy) is 2. The fourth-order valence-electron chi connectivity index (χ4n) is 3.12. The predicted octanol–water partition coefficient (Wildman–Crippen LogP) is 5.64. The summed E-state index contributed by atoms with van der Waals surface area (Å²) in [6, 6.07) is 20.0. The van der Waals surface area contributed by atoms with Gasteiger partial charge in [-0.2, -0.15) is 0 Å². The maximum atomic E-state index is 12.7. The van der Waals surface area contributed by atoms with E-state index in [0.717, 1.165) is 10.0 Å². The van der Waals surface area contributed by atoms with E-state index in [1.807, 2.05) is 49.4 Å². The summed E-state index contributed by atoms with van der Waals surface area (Å²) in [6.07, 6.45) is 1.71. The Morgan fingerprint density at radius 3 is 2.62 bits per heavy atom. The van der Waals surface area contributed by atoms with Crippen molar-refractivity contribution in [2.45, 2.75) is 6.92 Å². The summed E-state index contributed by atoms with van der Waals surface area (Å²) in [6.45, 7) is 1.73. The summed E-state index contributed by atoms with van der Waals surface area (Å²) in [5.41, 5.74) is 2.63. The highest BCUT2D eigenvalue weighted by molar-refractivity contribution is 9.10. The monoisotopic (exact) mass is 448 g/mol. The van der Waals surface area contributed by atoms with Crippen molar-refractivity contribution in [1.82, 2.24) is 0 Å². The molecule has 1 aliphatic rings. The molecule has 144 valence electrons. The van der Waals surface area contributed by atoms with Crippen molar-refractivity contribution in [2.75, 3.05) is 6.61 Å². The fourth-order valence-corrected chi connectivity index (χ4v) is 3.54. The van der Waals surface area contributed by atoms with Crippen LogP contribution in [0.1, 0.15) is 31.8 Å². The molecule has 4 rings (SSSR count). The van der Waals surface area contributed by atoms with E-state index >= 15 is 0 Å². The molecule has 0 radical (unpaired) electrons. The Bertz CT molecular complexity index is 1130. The SMILES string of the molecule is Cc1c(OCC(=O)c2ccccc2)ccc2c1O/C(=C\c1cccc(Br)c1)C2=O. The Hall–Kier alpha value is -3.18. The largest absolute Gasteiger partial charge is 0.485 e. The number of hydrogen-bond donors (Lipinski definition) is 0. The molecule has 0 unspecified atom stereocenters. The molecule has 0 bridgehead atoms. The number of halogens is 1. The number of allylic oxidation sites excluding steroid dienone is 1. The highest BCUT2D eigenvalue weighted by Gasteiger charge is 2.30. The quantitative estimate of drug-likeness (QED) is 0.374. The van der Waals surface area contributed by atoms with Crippen molar-refractivity contribution in [3.05, 3.63) is 99.2 Å². The van der Waals surface area contributed by atoms with Crippen LogP contribution in [0.2, 0.25) is 0 Å². The number of carbonyl (C=O) groups is 2. The first kappa shape index (κ1) is 19.2. The van der Waals surface area contributed by atoms with Gasteiger partial charge in [0.05, 0.1) is 5.56 Å². The van der Waals surface area contributed by atoms with Crippen LogP contribution >= 0.6 is 15.9 Å². The summed E-state index contributed by atoms with van der Waals surface area (Å²) in [5, 5.41) is 0. The smallest absolute Gasteiger partial charge is 0.231 e. The topological polar surface area (TPSA) is 52.6 Å². The van der Waals surface area contributed by atoms with Crippen molar-refractivity contribution < 1.29 is 19.1 Å². The van der Waals surface area contributed by atoms with Crippen LogP contribution in [0.3, 0.4) is 0 Å². The van der Waals surface area contributed by atoms with Crippen molar-refractivity contribution >= 4 is 33.6 Å². The maximum Gasteiger partial charge on any atom is 0.231 e. The number of hydrogen-bond acceptors (Lipinski definition) is 4. The molecule has 5 heteroatoms. The Kier molecular flexibility index (Phi) is 5.32. The molecule has 0 saturated heterocycles. The number of rotatable bonds is 5. The molecule has 0 N–H and O–H groups in total. The highest BCUT2D eigenvalue weighted by Crippen LogP contribution is 2.39. The average Bonchev–Trinajstić information content (AvgIpc) is 3.04. The number of benzene rings is 3. The lowest BCUT2D eigenvalue weighted by Gasteiger charge is -2.11. The third-order valence-corrected chi connectivity index (χ3v) is 5.13.